The minimum Gasteiger partial charge on any atom is -0.357 e. The Morgan fingerprint density at radius 3 is 2.43 bits per heavy atom. The fourth-order valence-corrected chi connectivity index (χ4v) is 2.23. The molecule has 1 amide bonds. The zero-order valence-electron chi connectivity index (χ0n) is 15.0. The Bertz CT molecular complexity index is 343. The van der Waals surface area contributed by atoms with Crippen LogP contribution in [0.5, 0.6) is 0 Å². The van der Waals surface area contributed by atoms with Crippen molar-refractivity contribution in [1.29, 1.82) is 0 Å². The van der Waals surface area contributed by atoms with Gasteiger partial charge < -0.3 is 16.0 Å². The Hall–Kier alpha value is -0.530. The summed E-state index contributed by atoms with van der Waals surface area (Å²) in [4.78, 5) is 16.0. The monoisotopic (exact) mass is 438 g/mol. The Morgan fingerprint density at radius 2 is 1.83 bits per heavy atom. The van der Waals surface area contributed by atoms with Crippen molar-refractivity contribution >= 4 is 35.8 Å². The summed E-state index contributed by atoms with van der Waals surface area (Å²) >= 11 is 0. The summed E-state index contributed by atoms with van der Waals surface area (Å²) in [5, 5.41) is 9.44. The first-order valence-electron chi connectivity index (χ1n) is 8.93. The van der Waals surface area contributed by atoms with Crippen LogP contribution in [-0.4, -0.2) is 37.5 Å². The fourth-order valence-electron chi connectivity index (χ4n) is 2.23. The van der Waals surface area contributed by atoms with E-state index in [1.165, 1.54) is 25.7 Å². The molecule has 0 radical (unpaired) electrons. The summed E-state index contributed by atoms with van der Waals surface area (Å²) < 4.78 is 0. The van der Waals surface area contributed by atoms with E-state index in [9.17, 15) is 4.79 Å². The van der Waals surface area contributed by atoms with Crippen molar-refractivity contribution in [3.05, 3.63) is 0 Å². The van der Waals surface area contributed by atoms with E-state index in [0.717, 1.165) is 44.2 Å². The molecule has 0 spiro atoms. The van der Waals surface area contributed by atoms with Gasteiger partial charge in [0.25, 0.3) is 0 Å². The molecule has 1 aliphatic carbocycles. The molecule has 1 fully saturated rings. The lowest BCUT2D eigenvalue weighted by Gasteiger charge is -2.11. The van der Waals surface area contributed by atoms with Crippen LogP contribution in [0.25, 0.3) is 0 Å². The van der Waals surface area contributed by atoms with Gasteiger partial charge in [0.15, 0.2) is 5.96 Å². The van der Waals surface area contributed by atoms with Gasteiger partial charge >= 0.3 is 0 Å². The van der Waals surface area contributed by atoms with Crippen molar-refractivity contribution in [2.75, 3.05) is 19.6 Å². The molecule has 1 rings (SSSR count). The van der Waals surface area contributed by atoms with E-state index < -0.39 is 0 Å². The van der Waals surface area contributed by atoms with Gasteiger partial charge in [-0.1, -0.05) is 39.5 Å². The zero-order valence-corrected chi connectivity index (χ0v) is 17.3. The van der Waals surface area contributed by atoms with Gasteiger partial charge in [0.1, 0.15) is 6.54 Å². The molecule has 0 bridgehead atoms. The first-order chi connectivity index (χ1) is 10.6. The third-order valence-corrected chi connectivity index (χ3v) is 3.67. The van der Waals surface area contributed by atoms with Gasteiger partial charge in [-0.05, 0) is 32.1 Å². The van der Waals surface area contributed by atoms with E-state index in [1.807, 2.05) is 6.92 Å². The quantitative estimate of drug-likeness (QED) is 0.201. The highest BCUT2D eigenvalue weighted by Crippen LogP contribution is 2.18. The number of guanidine groups is 1. The molecule has 23 heavy (non-hydrogen) atoms. The van der Waals surface area contributed by atoms with E-state index in [2.05, 4.69) is 34.8 Å². The predicted molar refractivity (Wildman–Crippen MR) is 108 cm³/mol. The van der Waals surface area contributed by atoms with Crippen LogP contribution in [0.4, 0.5) is 0 Å². The zero-order chi connectivity index (χ0) is 16.2. The van der Waals surface area contributed by atoms with Crippen LogP contribution >= 0.6 is 24.0 Å². The third-order valence-electron chi connectivity index (χ3n) is 3.67. The standard InChI is InChI=1S/C17H34N4O.HI/c1-4-18-17(20-13-16(22)21-15-10-11-15)19-12-8-6-5-7-9-14(2)3;/h14-15H,4-13H2,1-3H3,(H,21,22)(H2,18,19,20);1H. The van der Waals surface area contributed by atoms with Crippen molar-refractivity contribution in [3.63, 3.8) is 0 Å². The van der Waals surface area contributed by atoms with Crippen molar-refractivity contribution < 1.29 is 4.79 Å². The molecule has 0 aliphatic heterocycles. The van der Waals surface area contributed by atoms with Crippen LogP contribution in [-0.2, 0) is 4.79 Å². The summed E-state index contributed by atoms with van der Waals surface area (Å²) in [5.74, 6) is 1.58. The van der Waals surface area contributed by atoms with E-state index in [1.54, 1.807) is 0 Å². The second kappa shape index (κ2) is 13.9. The topological polar surface area (TPSA) is 65.5 Å². The minimum atomic E-state index is 0. The number of nitrogens with one attached hydrogen (secondary N) is 3. The molecule has 0 atom stereocenters. The molecule has 1 aliphatic rings. The molecule has 0 unspecified atom stereocenters. The lowest BCUT2D eigenvalue weighted by molar-refractivity contribution is -0.119. The summed E-state index contributed by atoms with van der Waals surface area (Å²) in [7, 11) is 0. The van der Waals surface area contributed by atoms with Crippen LogP contribution in [0.15, 0.2) is 4.99 Å². The number of carbonyl (C=O) groups excluding carboxylic acids is 1. The number of hydrogen-bond acceptors (Lipinski definition) is 2. The van der Waals surface area contributed by atoms with E-state index in [4.69, 9.17) is 0 Å². The molecule has 3 N–H and O–H groups in total. The van der Waals surface area contributed by atoms with E-state index >= 15 is 0 Å². The van der Waals surface area contributed by atoms with Gasteiger partial charge in [0, 0.05) is 19.1 Å². The van der Waals surface area contributed by atoms with Gasteiger partial charge in [-0.25, -0.2) is 4.99 Å². The van der Waals surface area contributed by atoms with Crippen molar-refractivity contribution in [2.24, 2.45) is 10.9 Å². The Labute approximate surface area is 158 Å². The molecule has 0 aromatic rings. The average molecular weight is 438 g/mol. The second-order valence-electron chi connectivity index (χ2n) is 6.56. The van der Waals surface area contributed by atoms with Crippen molar-refractivity contribution in [1.82, 2.24) is 16.0 Å². The number of carbonyl (C=O) groups is 1. The maximum Gasteiger partial charge on any atom is 0.242 e. The Morgan fingerprint density at radius 1 is 1.13 bits per heavy atom. The van der Waals surface area contributed by atoms with Crippen molar-refractivity contribution in [2.45, 2.75) is 71.8 Å². The highest BCUT2D eigenvalue weighted by Gasteiger charge is 2.22. The molecule has 0 aromatic heterocycles. The molecule has 1 saturated carbocycles. The number of halogens is 1. The number of rotatable bonds is 11. The largest absolute Gasteiger partial charge is 0.357 e. The lowest BCUT2D eigenvalue weighted by Crippen LogP contribution is -2.39. The van der Waals surface area contributed by atoms with Crippen LogP contribution in [0.2, 0.25) is 0 Å². The highest BCUT2D eigenvalue weighted by molar-refractivity contribution is 14.0. The third kappa shape index (κ3) is 13.6. The van der Waals surface area contributed by atoms with Crippen LogP contribution < -0.4 is 16.0 Å². The van der Waals surface area contributed by atoms with Gasteiger partial charge in [-0.15, -0.1) is 24.0 Å². The number of nitrogens with zero attached hydrogens (tertiary/aromatic N) is 1. The number of amides is 1. The molecule has 136 valence electrons. The maximum absolute atomic E-state index is 11.6. The normalized spacial score (nSPS) is 14.3. The number of aliphatic imine (C=N–C) groups is 1. The summed E-state index contributed by atoms with van der Waals surface area (Å²) in [6.45, 7) is 8.52. The van der Waals surface area contributed by atoms with Crippen LogP contribution in [0, 0.1) is 5.92 Å². The highest BCUT2D eigenvalue weighted by atomic mass is 127. The van der Waals surface area contributed by atoms with E-state index in [0.29, 0.717) is 6.04 Å². The molecule has 0 heterocycles. The van der Waals surface area contributed by atoms with Gasteiger partial charge in [0.05, 0.1) is 0 Å². The van der Waals surface area contributed by atoms with Crippen LogP contribution in [0.3, 0.4) is 0 Å². The first kappa shape index (κ1) is 22.5. The average Bonchev–Trinajstić information content (AvgIpc) is 3.27. The maximum atomic E-state index is 11.6. The molecule has 6 heteroatoms. The SMILES string of the molecule is CCNC(=NCC(=O)NC1CC1)NCCCCCCC(C)C.I. The summed E-state index contributed by atoms with van der Waals surface area (Å²) in [5.41, 5.74) is 0. The Kier molecular flexibility index (Phi) is 13.5. The first-order valence-corrected chi connectivity index (χ1v) is 8.93. The summed E-state index contributed by atoms with van der Waals surface area (Å²) in [6, 6.07) is 0.407. The minimum absolute atomic E-state index is 0. The molecular weight excluding hydrogens is 403 g/mol. The number of hydrogen-bond donors (Lipinski definition) is 3. The van der Waals surface area contributed by atoms with Gasteiger partial charge in [-0.3, -0.25) is 4.79 Å². The van der Waals surface area contributed by atoms with Gasteiger partial charge in [-0.2, -0.15) is 0 Å². The summed E-state index contributed by atoms with van der Waals surface area (Å²) in [6.07, 6.45) is 8.59. The molecule has 0 aromatic carbocycles. The van der Waals surface area contributed by atoms with Gasteiger partial charge in [0.2, 0.25) is 5.91 Å². The molecule has 0 saturated heterocycles. The van der Waals surface area contributed by atoms with E-state index in [-0.39, 0.29) is 36.4 Å². The Balaban J connectivity index is 0.00000484. The fraction of sp³-hybridized carbons (Fsp3) is 0.882. The lowest BCUT2D eigenvalue weighted by atomic mass is 10.0. The number of unbranched alkanes of at least 4 members (excludes halogenated alkanes) is 3. The second-order valence-corrected chi connectivity index (χ2v) is 6.56. The smallest absolute Gasteiger partial charge is 0.242 e. The van der Waals surface area contributed by atoms with Crippen molar-refractivity contribution in [3.8, 4) is 0 Å². The predicted octanol–water partition coefficient (Wildman–Crippen LogP) is 3.04. The molecule has 5 nitrogen and oxygen atoms in total. The van der Waals surface area contributed by atoms with Crippen LogP contribution in [0.1, 0.15) is 65.7 Å². The molecular formula is C17H35IN4O.